The molecular weight excluding hydrogens is 254 g/mol. The van der Waals surface area contributed by atoms with Crippen molar-refractivity contribution in [2.75, 3.05) is 0 Å². The van der Waals surface area contributed by atoms with Gasteiger partial charge in [0.05, 0.1) is 10.2 Å². The number of nitrogens with zero attached hydrogens (tertiary/aromatic N) is 1. The van der Waals surface area contributed by atoms with Gasteiger partial charge in [-0.2, -0.15) is 0 Å². The van der Waals surface area contributed by atoms with Crippen molar-refractivity contribution in [1.29, 1.82) is 0 Å². The van der Waals surface area contributed by atoms with E-state index in [-0.39, 0.29) is 5.75 Å². The summed E-state index contributed by atoms with van der Waals surface area (Å²) >= 11 is 5.05. The average molecular weight is 273 g/mol. The van der Waals surface area contributed by atoms with E-state index in [1.165, 1.54) is 16.7 Å². The number of aromatic hydroxyl groups is 1. The first-order valence-electron chi connectivity index (χ1n) is 6.44. The zero-order chi connectivity index (χ0) is 14.0. The number of rotatable bonds is 3. The van der Waals surface area contributed by atoms with Crippen LogP contribution in [0.4, 0.5) is 0 Å². The molecule has 1 aromatic carbocycles. The second-order valence-corrected chi connectivity index (χ2v) is 5.43. The highest BCUT2D eigenvalue weighted by Gasteiger charge is 2.04. The molecule has 2 nitrogen and oxygen atoms in total. The molecule has 0 saturated carbocycles. The SMILES string of the molecule is Cc1ccc(CCn2ccc(=S)c(O)c2C)c(C)c1. The topological polar surface area (TPSA) is 25.2 Å². The van der Waals surface area contributed by atoms with E-state index < -0.39 is 0 Å². The Labute approximate surface area is 119 Å². The normalized spacial score (nSPS) is 10.7. The Hall–Kier alpha value is -1.61. The molecule has 0 fully saturated rings. The minimum absolute atomic E-state index is 0.220. The zero-order valence-corrected chi connectivity index (χ0v) is 12.4. The van der Waals surface area contributed by atoms with Crippen LogP contribution in [-0.2, 0) is 13.0 Å². The monoisotopic (exact) mass is 273 g/mol. The summed E-state index contributed by atoms with van der Waals surface area (Å²) in [5, 5.41) is 9.85. The lowest BCUT2D eigenvalue weighted by Gasteiger charge is -2.13. The Bertz CT molecular complexity index is 658. The van der Waals surface area contributed by atoms with Gasteiger partial charge in [0.15, 0.2) is 5.75 Å². The third kappa shape index (κ3) is 3.04. The Morgan fingerprint density at radius 1 is 1.16 bits per heavy atom. The highest BCUT2D eigenvalue weighted by Crippen LogP contribution is 2.18. The lowest BCUT2D eigenvalue weighted by Crippen LogP contribution is -2.06. The predicted molar refractivity (Wildman–Crippen MR) is 81.3 cm³/mol. The predicted octanol–water partition coefficient (Wildman–Crippen LogP) is 4.09. The van der Waals surface area contributed by atoms with E-state index >= 15 is 0 Å². The largest absolute Gasteiger partial charge is 0.505 e. The van der Waals surface area contributed by atoms with Crippen molar-refractivity contribution in [3.05, 3.63) is 57.4 Å². The van der Waals surface area contributed by atoms with Gasteiger partial charge in [-0.25, -0.2) is 0 Å². The summed E-state index contributed by atoms with van der Waals surface area (Å²) in [6.07, 6.45) is 2.90. The molecule has 0 unspecified atom stereocenters. The zero-order valence-electron chi connectivity index (χ0n) is 11.6. The van der Waals surface area contributed by atoms with E-state index in [2.05, 4.69) is 32.0 Å². The van der Waals surface area contributed by atoms with Gasteiger partial charge in [0.2, 0.25) is 0 Å². The molecule has 3 heteroatoms. The van der Waals surface area contributed by atoms with Gasteiger partial charge in [0.1, 0.15) is 0 Å². The fraction of sp³-hybridized carbons (Fsp3) is 0.312. The molecule has 2 aromatic rings. The number of benzene rings is 1. The average Bonchev–Trinajstić information content (AvgIpc) is 2.37. The molecule has 0 bridgehead atoms. The summed E-state index contributed by atoms with van der Waals surface area (Å²) in [5.41, 5.74) is 4.79. The van der Waals surface area contributed by atoms with Crippen LogP contribution in [0.5, 0.6) is 5.75 Å². The van der Waals surface area contributed by atoms with Gasteiger partial charge in [-0.05, 0) is 44.4 Å². The first kappa shape index (κ1) is 13.8. The molecule has 2 rings (SSSR count). The second-order valence-electron chi connectivity index (χ2n) is 4.99. The standard InChI is InChI=1S/C16H19NOS/c1-11-4-5-14(12(2)10-11)6-8-17-9-7-15(19)16(18)13(17)3/h4-5,7,9-10,18H,6,8H2,1-3H3. The summed E-state index contributed by atoms with van der Waals surface area (Å²) in [5.74, 6) is 0.220. The Morgan fingerprint density at radius 3 is 2.58 bits per heavy atom. The summed E-state index contributed by atoms with van der Waals surface area (Å²) in [7, 11) is 0. The maximum atomic E-state index is 9.85. The minimum Gasteiger partial charge on any atom is -0.505 e. The molecule has 1 aromatic heterocycles. The number of hydrogen-bond acceptors (Lipinski definition) is 2. The summed E-state index contributed by atoms with van der Waals surface area (Å²) in [6.45, 7) is 6.99. The highest BCUT2D eigenvalue weighted by molar-refractivity contribution is 7.71. The van der Waals surface area contributed by atoms with Crippen LogP contribution in [0.15, 0.2) is 30.5 Å². The van der Waals surface area contributed by atoms with Crippen LogP contribution in [0.2, 0.25) is 0 Å². The maximum absolute atomic E-state index is 9.85. The Morgan fingerprint density at radius 2 is 1.89 bits per heavy atom. The van der Waals surface area contributed by atoms with E-state index in [0.29, 0.717) is 4.51 Å². The molecule has 0 radical (unpaired) electrons. The molecule has 0 saturated heterocycles. The van der Waals surface area contributed by atoms with Gasteiger partial charge >= 0.3 is 0 Å². The van der Waals surface area contributed by atoms with Crippen molar-refractivity contribution in [3.63, 3.8) is 0 Å². The van der Waals surface area contributed by atoms with Crippen LogP contribution in [0, 0.1) is 25.3 Å². The minimum atomic E-state index is 0.220. The van der Waals surface area contributed by atoms with Crippen molar-refractivity contribution in [2.24, 2.45) is 0 Å². The number of hydrogen-bond donors (Lipinski definition) is 1. The van der Waals surface area contributed by atoms with Crippen LogP contribution in [0.25, 0.3) is 0 Å². The van der Waals surface area contributed by atoms with Crippen molar-refractivity contribution >= 4 is 12.2 Å². The molecule has 0 aliphatic carbocycles. The lowest BCUT2D eigenvalue weighted by atomic mass is 10.0. The first-order chi connectivity index (χ1) is 8.99. The van der Waals surface area contributed by atoms with Gasteiger partial charge < -0.3 is 9.67 Å². The fourth-order valence-electron chi connectivity index (χ4n) is 2.27. The van der Waals surface area contributed by atoms with Gasteiger partial charge in [-0.3, -0.25) is 0 Å². The van der Waals surface area contributed by atoms with E-state index in [4.69, 9.17) is 12.2 Å². The van der Waals surface area contributed by atoms with Crippen LogP contribution in [0.3, 0.4) is 0 Å². The van der Waals surface area contributed by atoms with Crippen LogP contribution >= 0.6 is 12.2 Å². The summed E-state index contributed by atoms with van der Waals surface area (Å²) in [4.78, 5) is 0. The van der Waals surface area contributed by atoms with Gasteiger partial charge in [-0.15, -0.1) is 0 Å². The van der Waals surface area contributed by atoms with E-state index in [1.807, 2.05) is 17.7 Å². The van der Waals surface area contributed by atoms with Crippen LogP contribution in [0.1, 0.15) is 22.4 Å². The molecule has 0 atom stereocenters. The highest BCUT2D eigenvalue weighted by atomic mass is 32.1. The van der Waals surface area contributed by atoms with Crippen molar-refractivity contribution < 1.29 is 5.11 Å². The molecule has 1 N–H and O–H groups in total. The van der Waals surface area contributed by atoms with E-state index in [9.17, 15) is 5.11 Å². The lowest BCUT2D eigenvalue weighted by molar-refractivity contribution is 0.456. The number of aromatic nitrogens is 1. The van der Waals surface area contributed by atoms with Crippen molar-refractivity contribution in [3.8, 4) is 5.75 Å². The quantitative estimate of drug-likeness (QED) is 0.852. The Balaban J connectivity index is 2.19. The van der Waals surface area contributed by atoms with E-state index in [0.717, 1.165) is 18.7 Å². The molecule has 0 aliphatic rings. The van der Waals surface area contributed by atoms with Gasteiger partial charge in [0.25, 0.3) is 0 Å². The van der Waals surface area contributed by atoms with Crippen LogP contribution < -0.4 is 0 Å². The molecular formula is C16H19NOS. The third-order valence-electron chi connectivity index (χ3n) is 3.53. The summed E-state index contributed by atoms with van der Waals surface area (Å²) < 4.78 is 2.56. The number of pyridine rings is 1. The van der Waals surface area contributed by atoms with Crippen molar-refractivity contribution in [2.45, 2.75) is 33.7 Å². The molecule has 100 valence electrons. The molecule has 0 aliphatic heterocycles. The number of aryl methyl sites for hydroxylation is 4. The first-order valence-corrected chi connectivity index (χ1v) is 6.85. The molecule has 0 amide bonds. The van der Waals surface area contributed by atoms with Crippen molar-refractivity contribution in [1.82, 2.24) is 4.57 Å². The van der Waals surface area contributed by atoms with Crippen LogP contribution in [-0.4, -0.2) is 9.67 Å². The van der Waals surface area contributed by atoms with Gasteiger partial charge in [0, 0.05) is 12.7 Å². The Kier molecular flexibility index (Phi) is 4.05. The smallest absolute Gasteiger partial charge is 0.152 e. The summed E-state index contributed by atoms with van der Waals surface area (Å²) in [6, 6.07) is 8.31. The fourth-order valence-corrected chi connectivity index (χ4v) is 2.48. The van der Waals surface area contributed by atoms with E-state index in [1.54, 1.807) is 6.07 Å². The third-order valence-corrected chi connectivity index (χ3v) is 3.86. The molecule has 0 spiro atoms. The molecule has 19 heavy (non-hydrogen) atoms. The van der Waals surface area contributed by atoms with Gasteiger partial charge in [-0.1, -0.05) is 36.0 Å². The maximum Gasteiger partial charge on any atom is 0.152 e. The second kappa shape index (κ2) is 5.57. The molecule has 1 heterocycles.